The third kappa shape index (κ3) is 3.12. The molecule has 1 aromatic rings. The Morgan fingerprint density at radius 2 is 1.67 bits per heavy atom. The Morgan fingerprint density at radius 3 is 2.00 bits per heavy atom. The molecule has 1 aromatic carbocycles. The molecular weight excluding hydrogens is 148 g/mol. The summed E-state index contributed by atoms with van der Waals surface area (Å²) in [5.41, 5.74) is 1.35. The number of methoxy groups -OCH3 is 1. The zero-order chi connectivity index (χ0) is 9.40. The van der Waals surface area contributed by atoms with E-state index in [4.69, 9.17) is 4.74 Å². The lowest BCUT2D eigenvalue weighted by Crippen LogP contribution is -1.83. The largest absolute Gasteiger partial charge is 0.497 e. The summed E-state index contributed by atoms with van der Waals surface area (Å²) >= 11 is 0. The predicted molar refractivity (Wildman–Crippen MR) is 52.3 cm³/mol. The molecule has 0 spiro atoms. The molecule has 0 aromatic heterocycles. The van der Waals surface area contributed by atoms with E-state index in [2.05, 4.69) is 31.9 Å². The summed E-state index contributed by atoms with van der Waals surface area (Å²) in [6.07, 6.45) is 9.09. The number of rotatable bonds is 2. The second-order valence-corrected chi connectivity index (χ2v) is 2.20. The van der Waals surface area contributed by atoms with E-state index in [9.17, 15) is 0 Å². The first kappa shape index (κ1) is 10.6. The van der Waals surface area contributed by atoms with Crippen LogP contribution in [0.15, 0.2) is 24.3 Å². The summed E-state index contributed by atoms with van der Waals surface area (Å²) in [7, 11) is 1.68. The van der Waals surface area contributed by atoms with Crippen molar-refractivity contribution in [3.63, 3.8) is 0 Å². The molecule has 1 rings (SSSR count). The van der Waals surface area contributed by atoms with Crippen LogP contribution in [0, 0.1) is 12.8 Å². The van der Waals surface area contributed by atoms with Crippen LogP contribution in [0.25, 0.3) is 0 Å². The van der Waals surface area contributed by atoms with Crippen LogP contribution in [-0.4, -0.2) is 7.11 Å². The van der Waals surface area contributed by atoms with Gasteiger partial charge < -0.3 is 4.74 Å². The van der Waals surface area contributed by atoms with E-state index < -0.39 is 0 Å². The molecule has 0 bridgehead atoms. The number of hydrogen-bond donors (Lipinski definition) is 0. The number of ether oxygens (including phenoxy) is 1. The molecule has 0 N–H and O–H groups in total. The second-order valence-electron chi connectivity index (χ2n) is 2.20. The van der Waals surface area contributed by atoms with Crippen molar-refractivity contribution >= 4 is 0 Å². The molecule has 0 unspecified atom stereocenters. The predicted octanol–water partition coefficient (Wildman–Crippen LogP) is 2.51. The van der Waals surface area contributed by atoms with Gasteiger partial charge in [0.2, 0.25) is 0 Å². The van der Waals surface area contributed by atoms with Gasteiger partial charge in [-0.05, 0) is 24.1 Å². The van der Waals surface area contributed by atoms with Crippen molar-refractivity contribution in [2.24, 2.45) is 0 Å². The molecule has 0 saturated heterocycles. The molecule has 0 fully saturated rings. The maximum absolute atomic E-state index is 5.01. The zero-order valence-corrected chi connectivity index (χ0v) is 7.58. The first-order chi connectivity index (χ1) is 5.86. The van der Waals surface area contributed by atoms with Gasteiger partial charge in [-0.1, -0.05) is 19.1 Å². The molecule has 0 aliphatic rings. The van der Waals surface area contributed by atoms with E-state index in [1.165, 1.54) is 5.56 Å². The average molecular weight is 162 g/mol. The minimum atomic E-state index is 0.928. The van der Waals surface area contributed by atoms with Gasteiger partial charge in [-0.2, -0.15) is 0 Å². The smallest absolute Gasteiger partial charge is 0.118 e. The van der Waals surface area contributed by atoms with Crippen LogP contribution in [0.4, 0.5) is 0 Å². The molecule has 0 aliphatic heterocycles. The van der Waals surface area contributed by atoms with Crippen molar-refractivity contribution in [3.8, 4) is 18.6 Å². The van der Waals surface area contributed by atoms with Crippen LogP contribution < -0.4 is 4.74 Å². The molecule has 64 valence electrons. The van der Waals surface area contributed by atoms with Crippen molar-refractivity contribution in [1.29, 1.82) is 0 Å². The Morgan fingerprint density at radius 1 is 1.17 bits per heavy atom. The average Bonchev–Trinajstić information content (AvgIpc) is 2.21. The van der Waals surface area contributed by atoms with Gasteiger partial charge >= 0.3 is 0 Å². The Kier molecular flexibility index (Phi) is 5.55. The Balaban J connectivity index is 0.000000561. The molecule has 0 radical (unpaired) electrons. The fourth-order valence-corrected chi connectivity index (χ4v) is 0.861. The molecule has 0 heterocycles. The summed E-state index contributed by atoms with van der Waals surface area (Å²) in [4.78, 5) is 0. The number of terminal acetylenes is 1. The normalized spacial score (nSPS) is 8.00. The lowest BCUT2D eigenvalue weighted by atomic mass is 10.2. The molecule has 1 nitrogen and oxygen atoms in total. The topological polar surface area (TPSA) is 9.23 Å². The Bertz CT molecular complexity index is 198. The van der Waals surface area contributed by atoms with Crippen LogP contribution in [0.1, 0.15) is 12.5 Å². The van der Waals surface area contributed by atoms with Gasteiger partial charge in [-0.25, -0.2) is 0 Å². The summed E-state index contributed by atoms with van der Waals surface area (Å²) in [5, 5.41) is 0. The van der Waals surface area contributed by atoms with E-state index in [0.717, 1.165) is 12.2 Å². The third-order valence-corrected chi connectivity index (χ3v) is 1.57. The molecule has 0 saturated carbocycles. The summed E-state index contributed by atoms with van der Waals surface area (Å²) in [6.45, 7) is 2.14. The highest BCUT2D eigenvalue weighted by molar-refractivity contribution is 5.26. The summed E-state index contributed by atoms with van der Waals surface area (Å²) in [6, 6.07) is 8.13. The van der Waals surface area contributed by atoms with E-state index in [1.54, 1.807) is 7.11 Å². The van der Waals surface area contributed by atoms with E-state index in [1.807, 2.05) is 12.1 Å². The fourth-order valence-electron chi connectivity index (χ4n) is 0.861. The van der Waals surface area contributed by atoms with Gasteiger partial charge in [0.15, 0.2) is 0 Å². The quantitative estimate of drug-likeness (QED) is 0.607. The van der Waals surface area contributed by atoms with Crippen molar-refractivity contribution < 1.29 is 4.74 Å². The maximum Gasteiger partial charge on any atom is 0.118 e. The van der Waals surface area contributed by atoms with Gasteiger partial charge in [-0.15, -0.1) is 12.8 Å². The molecule has 12 heavy (non-hydrogen) atoms. The standard InChI is InChI=1S/C9H12O.C2H2/c1-3-8-4-6-9(10-2)7-5-8;1-2/h4-7H,3H2,1-2H3;1-2H. The molecule has 0 amide bonds. The first-order valence-electron chi connectivity index (χ1n) is 3.83. The Labute approximate surface area is 74.4 Å². The molecule has 0 aliphatic carbocycles. The maximum atomic E-state index is 5.01. The monoisotopic (exact) mass is 162 g/mol. The first-order valence-corrected chi connectivity index (χ1v) is 3.83. The molecular formula is C11H14O. The second kappa shape index (κ2) is 6.30. The highest BCUT2D eigenvalue weighted by Crippen LogP contribution is 2.10. The summed E-state index contributed by atoms with van der Waals surface area (Å²) in [5.74, 6) is 0.928. The summed E-state index contributed by atoms with van der Waals surface area (Å²) < 4.78 is 5.01. The van der Waals surface area contributed by atoms with Gasteiger partial charge in [0.05, 0.1) is 7.11 Å². The molecule has 0 atom stereocenters. The van der Waals surface area contributed by atoms with Gasteiger partial charge in [0, 0.05) is 0 Å². The SMILES string of the molecule is C#C.CCc1ccc(OC)cc1. The van der Waals surface area contributed by atoms with Crippen molar-refractivity contribution in [1.82, 2.24) is 0 Å². The lowest BCUT2D eigenvalue weighted by molar-refractivity contribution is 0.414. The van der Waals surface area contributed by atoms with Crippen molar-refractivity contribution in [2.45, 2.75) is 13.3 Å². The van der Waals surface area contributed by atoms with Crippen LogP contribution in [0.2, 0.25) is 0 Å². The third-order valence-electron chi connectivity index (χ3n) is 1.57. The number of aryl methyl sites for hydroxylation is 1. The van der Waals surface area contributed by atoms with E-state index >= 15 is 0 Å². The van der Waals surface area contributed by atoms with E-state index in [0.29, 0.717) is 0 Å². The number of benzene rings is 1. The highest BCUT2D eigenvalue weighted by atomic mass is 16.5. The lowest BCUT2D eigenvalue weighted by Gasteiger charge is -1.99. The minimum absolute atomic E-state index is 0.928. The van der Waals surface area contributed by atoms with Crippen LogP contribution in [-0.2, 0) is 6.42 Å². The van der Waals surface area contributed by atoms with Gasteiger partial charge in [0.1, 0.15) is 5.75 Å². The van der Waals surface area contributed by atoms with Crippen molar-refractivity contribution in [3.05, 3.63) is 29.8 Å². The van der Waals surface area contributed by atoms with Crippen molar-refractivity contribution in [2.75, 3.05) is 7.11 Å². The van der Waals surface area contributed by atoms with Crippen LogP contribution in [0.5, 0.6) is 5.75 Å². The molecule has 1 heteroatoms. The minimum Gasteiger partial charge on any atom is -0.497 e. The highest BCUT2D eigenvalue weighted by Gasteiger charge is 1.89. The van der Waals surface area contributed by atoms with Gasteiger partial charge in [-0.3, -0.25) is 0 Å². The number of hydrogen-bond acceptors (Lipinski definition) is 1. The Hall–Kier alpha value is -1.42. The zero-order valence-electron chi connectivity index (χ0n) is 7.58. The van der Waals surface area contributed by atoms with Crippen LogP contribution >= 0.6 is 0 Å². The fraction of sp³-hybridized carbons (Fsp3) is 0.273. The van der Waals surface area contributed by atoms with Gasteiger partial charge in [0.25, 0.3) is 0 Å². The van der Waals surface area contributed by atoms with Crippen LogP contribution in [0.3, 0.4) is 0 Å². The van der Waals surface area contributed by atoms with E-state index in [-0.39, 0.29) is 0 Å².